The van der Waals surface area contributed by atoms with E-state index < -0.39 is 0 Å². The molecule has 318 valence electrons. The van der Waals surface area contributed by atoms with Gasteiger partial charge in [-0.25, -0.2) is 4.98 Å². The summed E-state index contributed by atoms with van der Waals surface area (Å²) >= 11 is 3.64. The highest BCUT2D eigenvalue weighted by Crippen LogP contribution is 2.43. The predicted octanol–water partition coefficient (Wildman–Crippen LogP) is 16.7. The molecule has 0 aliphatic rings. The van der Waals surface area contributed by atoms with Crippen LogP contribution >= 0.6 is 22.7 Å². The Morgan fingerprint density at radius 2 is 0.803 bits per heavy atom. The summed E-state index contributed by atoms with van der Waals surface area (Å²) in [5.74, 6) is 1.86. The fourth-order valence-electron chi connectivity index (χ4n) is 9.99. The van der Waals surface area contributed by atoms with Crippen LogP contribution in [-0.2, 0) is 10.8 Å². The molecule has 0 saturated carbocycles. The molecule has 0 N–H and O–H groups in total. The van der Waals surface area contributed by atoms with Crippen molar-refractivity contribution in [3.05, 3.63) is 175 Å². The minimum Gasteiger partial charge on any atom is -0.309 e. The molecule has 0 aliphatic carbocycles. The Hall–Kier alpha value is -7.19. The zero-order chi connectivity index (χ0) is 44.6. The van der Waals surface area contributed by atoms with E-state index in [0.29, 0.717) is 17.6 Å². The summed E-state index contributed by atoms with van der Waals surface area (Å²) in [6.07, 6.45) is 0. The standard InChI is InChI=1S/C59H45N5S2/c1-58(2,3)36-22-24-47-41(30-36)43-32-44-42-31-37(59(4,5)6)23-25-48(42)64(50(44)33-49(43)63(47)38-14-8-7-9-15-38)57-61-55(34-20-26-53-45(28-34)39-16-10-12-18-51(39)65-53)60-56(62-57)35-21-27-54-46(29-35)40-17-11-13-19-52(40)66-54/h7-33H,1-6H3. The second-order valence-corrected chi connectivity index (χ2v) is 21.9. The van der Waals surface area contributed by atoms with Crippen molar-refractivity contribution in [3.8, 4) is 34.4 Å². The smallest absolute Gasteiger partial charge is 0.238 e. The lowest BCUT2D eigenvalue weighted by Gasteiger charge is -2.19. The van der Waals surface area contributed by atoms with Crippen molar-refractivity contribution in [3.63, 3.8) is 0 Å². The number of thiophene rings is 2. The molecule has 0 fully saturated rings. The van der Waals surface area contributed by atoms with Crippen LogP contribution in [0.15, 0.2) is 164 Å². The van der Waals surface area contributed by atoms with E-state index >= 15 is 0 Å². The Labute approximate surface area is 390 Å². The zero-order valence-corrected chi connectivity index (χ0v) is 39.3. The Morgan fingerprint density at radius 1 is 0.348 bits per heavy atom. The molecule has 0 amide bonds. The van der Waals surface area contributed by atoms with Gasteiger partial charge in [0.15, 0.2) is 11.6 Å². The van der Waals surface area contributed by atoms with Gasteiger partial charge in [0.25, 0.3) is 0 Å². The second-order valence-electron chi connectivity index (χ2n) is 19.8. The minimum absolute atomic E-state index is 0.00664. The van der Waals surface area contributed by atoms with E-state index in [1.54, 1.807) is 0 Å². The van der Waals surface area contributed by atoms with Crippen molar-refractivity contribution in [2.75, 3.05) is 0 Å². The number of rotatable bonds is 4. The predicted molar refractivity (Wildman–Crippen MR) is 283 cm³/mol. The molecule has 8 aromatic carbocycles. The highest BCUT2D eigenvalue weighted by molar-refractivity contribution is 7.26. The molecule has 5 aromatic heterocycles. The van der Waals surface area contributed by atoms with Crippen molar-refractivity contribution in [1.82, 2.24) is 24.1 Å². The molecule has 13 aromatic rings. The number of benzene rings is 8. The number of fused-ring (bicyclic) bond motifs is 12. The zero-order valence-electron chi connectivity index (χ0n) is 37.6. The quantitative estimate of drug-likeness (QED) is 0.177. The monoisotopic (exact) mass is 887 g/mol. The van der Waals surface area contributed by atoms with Crippen LogP contribution < -0.4 is 0 Å². The van der Waals surface area contributed by atoms with Crippen LogP contribution in [0.3, 0.4) is 0 Å². The van der Waals surface area contributed by atoms with Gasteiger partial charge < -0.3 is 4.57 Å². The molecule has 0 spiro atoms. The van der Waals surface area contributed by atoms with Crippen molar-refractivity contribution in [2.24, 2.45) is 0 Å². The minimum atomic E-state index is -0.0554. The number of hydrogen-bond acceptors (Lipinski definition) is 5. The lowest BCUT2D eigenvalue weighted by atomic mass is 9.86. The molecular formula is C59H45N5S2. The Morgan fingerprint density at radius 3 is 1.33 bits per heavy atom. The maximum Gasteiger partial charge on any atom is 0.238 e. The topological polar surface area (TPSA) is 48.5 Å². The maximum absolute atomic E-state index is 5.50. The van der Waals surface area contributed by atoms with Gasteiger partial charge in [0.1, 0.15) is 0 Å². The molecule has 0 unspecified atom stereocenters. The van der Waals surface area contributed by atoms with Gasteiger partial charge in [0.2, 0.25) is 5.95 Å². The van der Waals surface area contributed by atoms with Crippen LogP contribution in [0.2, 0.25) is 0 Å². The second kappa shape index (κ2) is 14.2. The molecule has 0 bridgehead atoms. The van der Waals surface area contributed by atoms with Gasteiger partial charge in [0.05, 0.1) is 22.1 Å². The molecule has 0 radical (unpaired) electrons. The van der Waals surface area contributed by atoms with E-state index in [1.165, 1.54) is 73.1 Å². The summed E-state index contributed by atoms with van der Waals surface area (Å²) in [5.41, 5.74) is 9.97. The summed E-state index contributed by atoms with van der Waals surface area (Å²) in [5, 5.41) is 9.71. The Balaban J connectivity index is 1.14. The molecule has 0 atom stereocenters. The van der Waals surface area contributed by atoms with E-state index in [4.69, 9.17) is 15.0 Å². The molecule has 0 aliphatic heterocycles. The number of para-hydroxylation sites is 1. The maximum atomic E-state index is 5.50. The summed E-state index contributed by atoms with van der Waals surface area (Å²) in [6, 6.07) is 60.1. The molecule has 5 heterocycles. The molecule has 5 nitrogen and oxygen atoms in total. The lowest BCUT2D eigenvalue weighted by Crippen LogP contribution is -2.10. The number of nitrogens with zero attached hydrogens (tertiary/aromatic N) is 5. The largest absolute Gasteiger partial charge is 0.309 e. The summed E-state index contributed by atoms with van der Waals surface area (Å²) in [7, 11) is 0. The normalized spacial score (nSPS) is 12.7. The SMILES string of the molecule is CC(C)(C)c1ccc2c(c1)c1cc3c4cc(C(C)(C)C)ccc4n(-c4nc(-c5ccc6sc7ccccc7c6c5)nc(-c5ccc6sc7ccccc7c6c5)n4)c3cc1n2-c1ccccc1. The molecule has 66 heavy (non-hydrogen) atoms. The average molecular weight is 888 g/mol. The van der Waals surface area contributed by atoms with Gasteiger partial charge >= 0.3 is 0 Å². The third-order valence-corrected chi connectivity index (χ3v) is 15.8. The van der Waals surface area contributed by atoms with Crippen molar-refractivity contribution < 1.29 is 0 Å². The highest BCUT2D eigenvalue weighted by atomic mass is 32.1. The van der Waals surface area contributed by atoms with Crippen LogP contribution in [0.5, 0.6) is 0 Å². The van der Waals surface area contributed by atoms with E-state index in [2.05, 4.69) is 214 Å². The first-order valence-corrected chi connectivity index (χ1v) is 24.3. The number of aromatic nitrogens is 5. The van der Waals surface area contributed by atoms with Gasteiger partial charge in [-0.2, -0.15) is 9.97 Å². The van der Waals surface area contributed by atoms with Crippen LogP contribution in [0.4, 0.5) is 0 Å². The summed E-state index contributed by atoms with van der Waals surface area (Å²) in [4.78, 5) is 16.4. The first-order valence-electron chi connectivity index (χ1n) is 22.7. The molecular weight excluding hydrogens is 843 g/mol. The van der Waals surface area contributed by atoms with E-state index in [9.17, 15) is 0 Å². The third kappa shape index (κ3) is 6.06. The van der Waals surface area contributed by atoms with Crippen molar-refractivity contribution in [1.29, 1.82) is 0 Å². The van der Waals surface area contributed by atoms with Gasteiger partial charge in [-0.15, -0.1) is 22.7 Å². The van der Waals surface area contributed by atoms with Crippen LogP contribution in [-0.4, -0.2) is 24.1 Å². The first-order chi connectivity index (χ1) is 31.9. The summed E-state index contributed by atoms with van der Waals surface area (Å²) in [6.45, 7) is 13.8. The van der Waals surface area contributed by atoms with Crippen molar-refractivity contribution >= 4 is 107 Å². The molecule has 7 heteroatoms. The Kier molecular flexibility index (Phi) is 8.41. The summed E-state index contributed by atoms with van der Waals surface area (Å²) < 4.78 is 9.74. The Bertz CT molecular complexity index is 4000. The van der Waals surface area contributed by atoms with Crippen LogP contribution in [0.25, 0.3) is 118 Å². The fourth-order valence-corrected chi connectivity index (χ4v) is 12.2. The molecule has 0 saturated heterocycles. The highest BCUT2D eigenvalue weighted by Gasteiger charge is 2.25. The van der Waals surface area contributed by atoms with Gasteiger partial charge in [0, 0.05) is 78.7 Å². The molecule has 13 rings (SSSR count). The van der Waals surface area contributed by atoms with E-state index in [1.807, 2.05) is 22.7 Å². The lowest BCUT2D eigenvalue weighted by molar-refractivity contribution is 0.591. The van der Waals surface area contributed by atoms with Gasteiger partial charge in [-0.3, -0.25) is 4.57 Å². The van der Waals surface area contributed by atoms with Gasteiger partial charge in [-0.1, -0.05) is 108 Å². The number of hydrogen-bond donors (Lipinski definition) is 0. The average Bonchev–Trinajstić information content (AvgIpc) is 4.07. The van der Waals surface area contributed by atoms with E-state index in [-0.39, 0.29) is 10.8 Å². The van der Waals surface area contributed by atoms with E-state index in [0.717, 1.165) is 38.8 Å². The third-order valence-electron chi connectivity index (χ3n) is 13.5. The van der Waals surface area contributed by atoms with Gasteiger partial charge in [-0.05, 0) is 119 Å². The fraction of sp³-hybridized carbons (Fsp3) is 0.136. The van der Waals surface area contributed by atoms with Crippen molar-refractivity contribution in [2.45, 2.75) is 52.4 Å². The van der Waals surface area contributed by atoms with Crippen LogP contribution in [0.1, 0.15) is 52.7 Å². The van der Waals surface area contributed by atoms with Crippen LogP contribution in [0, 0.1) is 0 Å². The first kappa shape index (κ1) is 39.2.